The fourth-order valence-corrected chi connectivity index (χ4v) is 2.62. The van der Waals surface area contributed by atoms with Crippen LogP contribution in [-0.2, 0) is 13.5 Å². The van der Waals surface area contributed by atoms with E-state index < -0.39 is 0 Å². The molecule has 0 atom stereocenters. The molecular formula is C11H9Br2N3O. The lowest BCUT2D eigenvalue weighted by Gasteiger charge is -2.03. The summed E-state index contributed by atoms with van der Waals surface area (Å²) in [5.41, 5.74) is 0.427. The Labute approximate surface area is 115 Å². The van der Waals surface area contributed by atoms with E-state index in [0.29, 0.717) is 10.2 Å². The number of halogens is 2. The maximum atomic E-state index is 12.0. The van der Waals surface area contributed by atoms with Gasteiger partial charge < -0.3 is 4.57 Å². The lowest BCUT2D eigenvalue weighted by Crippen LogP contribution is -2.10. The van der Waals surface area contributed by atoms with Crippen molar-refractivity contribution in [3.05, 3.63) is 45.1 Å². The van der Waals surface area contributed by atoms with Crippen LogP contribution < -0.4 is 0 Å². The normalized spacial score (nSPS) is 10.5. The molecular weight excluding hydrogens is 350 g/mol. The molecule has 0 aliphatic heterocycles. The van der Waals surface area contributed by atoms with E-state index in [1.54, 1.807) is 18.5 Å². The number of rotatable bonds is 3. The summed E-state index contributed by atoms with van der Waals surface area (Å²) in [4.78, 5) is 20.3. The van der Waals surface area contributed by atoms with Gasteiger partial charge in [-0.3, -0.25) is 9.78 Å². The number of hydrogen-bond donors (Lipinski definition) is 0. The first-order valence-electron chi connectivity index (χ1n) is 4.88. The molecule has 0 N–H and O–H groups in total. The number of hydrogen-bond acceptors (Lipinski definition) is 3. The Morgan fingerprint density at radius 1 is 1.41 bits per heavy atom. The number of ketones is 1. The summed E-state index contributed by atoms with van der Waals surface area (Å²) in [5, 5.41) is 0. The van der Waals surface area contributed by atoms with Gasteiger partial charge in [-0.05, 0) is 37.9 Å². The maximum Gasteiger partial charge on any atom is 0.189 e. The Bertz CT molecular complexity index is 566. The molecule has 17 heavy (non-hydrogen) atoms. The van der Waals surface area contributed by atoms with Gasteiger partial charge in [0.15, 0.2) is 5.78 Å². The molecule has 0 fully saturated rings. The van der Waals surface area contributed by atoms with Crippen LogP contribution in [0.3, 0.4) is 0 Å². The van der Waals surface area contributed by atoms with Crippen LogP contribution in [-0.4, -0.2) is 20.3 Å². The minimum atomic E-state index is -0.0568. The quantitative estimate of drug-likeness (QED) is 0.792. The van der Waals surface area contributed by atoms with E-state index in [4.69, 9.17) is 0 Å². The molecule has 0 amide bonds. The summed E-state index contributed by atoms with van der Waals surface area (Å²) in [5.74, 6) is 0.672. The fourth-order valence-electron chi connectivity index (χ4n) is 1.41. The summed E-state index contributed by atoms with van der Waals surface area (Å²) < 4.78 is 3.34. The van der Waals surface area contributed by atoms with Gasteiger partial charge in [-0.15, -0.1) is 0 Å². The van der Waals surface area contributed by atoms with E-state index >= 15 is 0 Å². The maximum absolute atomic E-state index is 12.0. The number of carbonyl (C=O) groups excluding carboxylic acids is 1. The molecule has 2 aromatic rings. The molecule has 0 saturated heterocycles. The minimum Gasteiger partial charge on any atom is -0.338 e. The molecule has 88 valence electrons. The van der Waals surface area contributed by atoms with Crippen molar-refractivity contribution in [1.82, 2.24) is 14.5 Å². The van der Waals surface area contributed by atoms with E-state index in [1.807, 2.05) is 17.8 Å². The van der Waals surface area contributed by atoms with E-state index in [2.05, 4.69) is 41.8 Å². The second kappa shape index (κ2) is 5.10. The van der Waals surface area contributed by atoms with Crippen LogP contribution >= 0.6 is 31.9 Å². The zero-order valence-corrected chi connectivity index (χ0v) is 12.2. The van der Waals surface area contributed by atoms with Crippen molar-refractivity contribution in [1.29, 1.82) is 0 Å². The van der Waals surface area contributed by atoms with Crippen LogP contribution in [0.2, 0.25) is 0 Å². The van der Waals surface area contributed by atoms with Gasteiger partial charge in [-0.25, -0.2) is 4.98 Å². The highest BCUT2D eigenvalue weighted by Gasteiger charge is 2.14. The summed E-state index contributed by atoms with van der Waals surface area (Å²) >= 11 is 6.63. The molecule has 0 unspecified atom stereocenters. The van der Waals surface area contributed by atoms with Crippen molar-refractivity contribution < 1.29 is 4.79 Å². The summed E-state index contributed by atoms with van der Waals surface area (Å²) in [6.45, 7) is 0. The van der Waals surface area contributed by atoms with Crippen LogP contribution in [0.4, 0.5) is 0 Å². The van der Waals surface area contributed by atoms with Gasteiger partial charge in [0.05, 0.1) is 6.42 Å². The van der Waals surface area contributed by atoms with Gasteiger partial charge >= 0.3 is 0 Å². The topological polar surface area (TPSA) is 47.8 Å². The van der Waals surface area contributed by atoms with E-state index in [1.165, 1.54) is 0 Å². The lowest BCUT2D eigenvalue weighted by molar-refractivity contribution is 0.0984. The van der Waals surface area contributed by atoms with Crippen LogP contribution in [0.25, 0.3) is 0 Å². The standard InChI is InChI=1S/C11H9Br2N3O/c1-16-3-2-14-10(16)5-9(17)11-8(13)4-7(12)6-15-11/h2-4,6H,5H2,1H3. The molecule has 4 nitrogen and oxygen atoms in total. The molecule has 0 saturated carbocycles. The van der Waals surface area contributed by atoms with Crippen molar-refractivity contribution in [3.8, 4) is 0 Å². The van der Waals surface area contributed by atoms with Crippen molar-refractivity contribution >= 4 is 37.6 Å². The van der Waals surface area contributed by atoms with Crippen molar-refractivity contribution in [2.75, 3.05) is 0 Å². The Kier molecular flexibility index (Phi) is 3.73. The second-order valence-electron chi connectivity index (χ2n) is 3.54. The first kappa shape index (κ1) is 12.4. The number of nitrogens with zero attached hydrogens (tertiary/aromatic N) is 3. The summed E-state index contributed by atoms with van der Waals surface area (Å²) in [6.07, 6.45) is 5.34. The van der Waals surface area contributed by atoms with Gasteiger partial charge in [-0.1, -0.05) is 0 Å². The third-order valence-electron chi connectivity index (χ3n) is 2.31. The average Bonchev–Trinajstić information content (AvgIpc) is 2.64. The third kappa shape index (κ3) is 2.81. The van der Waals surface area contributed by atoms with Crippen LogP contribution in [0, 0.1) is 0 Å². The van der Waals surface area contributed by atoms with Gasteiger partial charge in [0, 0.05) is 34.6 Å². The van der Waals surface area contributed by atoms with E-state index in [9.17, 15) is 4.79 Å². The number of Topliss-reactive ketones (excluding diaryl/α,β-unsaturated/α-hetero) is 1. The van der Waals surface area contributed by atoms with E-state index in [-0.39, 0.29) is 12.2 Å². The van der Waals surface area contributed by atoms with Gasteiger partial charge in [0.25, 0.3) is 0 Å². The molecule has 0 spiro atoms. The van der Waals surface area contributed by atoms with Crippen LogP contribution in [0.5, 0.6) is 0 Å². The highest BCUT2D eigenvalue weighted by molar-refractivity contribution is 9.11. The van der Waals surface area contributed by atoms with Crippen molar-refractivity contribution in [3.63, 3.8) is 0 Å². The summed E-state index contributed by atoms with van der Waals surface area (Å²) in [6, 6.07) is 1.80. The monoisotopic (exact) mass is 357 g/mol. The zero-order chi connectivity index (χ0) is 12.4. The minimum absolute atomic E-state index is 0.0568. The Balaban J connectivity index is 2.23. The first-order chi connectivity index (χ1) is 8.08. The van der Waals surface area contributed by atoms with Crippen molar-refractivity contribution in [2.45, 2.75) is 6.42 Å². The first-order valence-corrected chi connectivity index (χ1v) is 6.47. The number of imidazole rings is 1. The fraction of sp³-hybridized carbons (Fsp3) is 0.182. The van der Waals surface area contributed by atoms with Crippen LogP contribution in [0.1, 0.15) is 16.3 Å². The molecule has 2 rings (SSSR count). The molecule has 0 bridgehead atoms. The van der Waals surface area contributed by atoms with E-state index in [0.717, 1.165) is 10.3 Å². The molecule has 0 aliphatic rings. The smallest absolute Gasteiger partial charge is 0.189 e. The molecule has 0 aliphatic carbocycles. The predicted octanol–water partition coefficient (Wildman–Crippen LogP) is 2.77. The van der Waals surface area contributed by atoms with Crippen molar-refractivity contribution in [2.24, 2.45) is 7.05 Å². The highest BCUT2D eigenvalue weighted by Crippen LogP contribution is 2.20. The molecule has 0 aromatic carbocycles. The number of aryl methyl sites for hydroxylation is 1. The highest BCUT2D eigenvalue weighted by atomic mass is 79.9. The average molecular weight is 359 g/mol. The molecule has 2 aromatic heterocycles. The predicted molar refractivity (Wildman–Crippen MR) is 70.9 cm³/mol. The Hall–Kier alpha value is -1.01. The Morgan fingerprint density at radius 3 is 2.76 bits per heavy atom. The van der Waals surface area contributed by atoms with Gasteiger partial charge in [0.1, 0.15) is 11.5 Å². The second-order valence-corrected chi connectivity index (χ2v) is 5.31. The third-order valence-corrected chi connectivity index (χ3v) is 3.35. The zero-order valence-electron chi connectivity index (χ0n) is 9.02. The number of aromatic nitrogens is 3. The van der Waals surface area contributed by atoms with Gasteiger partial charge in [0.2, 0.25) is 0 Å². The van der Waals surface area contributed by atoms with Gasteiger partial charge in [-0.2, -0.15) is 0 Å². The molecule has 2 heterocycles. The SMILES string of the molecule is Cn1ccnc1CC(=O)c1ncc(Br)cc1Br. The van der Waals surface area contributed by atoms with Crippen LogP contribution in [0.15, 0.2) is 33.6 Å². The Morgan fingerprint density at radius 2 is 2.18 bits per heavy atom. The largest absolute Gasteiger partial charge is 0.338 e. The molecule has 6 heteroatoms. The number of pyridine rings is 1. The summed E-state index contributed by atoms with van der Waals surface area (Å²) in [7, 11) is 1.86. The lowest BCUT2D eigenvalue weighted by atomic mass is 10.2. The number of carbonyl (C=O) groups is 1. The molecule has 0 radical (unpaired) electrons.